The Morgan fingerprint density at radius 2 is 2.24 bits per heavy atom. The molecule has 3 heterocycles. The molecule has 7 nitrogen and oxygen atoms in total. The van der Waals surface area contributed by atoms with Crippen molar-refractivity contribution < 1.29 is 14.1 Å². The zero-order valence-corrected chi connectivity index (χ0v) is 13.9. The van der Waals surface area contributed by atoms with E-state index in [0.29, 0.717) is 23.5 Å². The summed E-state index contributed by atoms with van der Waals surface area (Å²) >= 11 is 0. The molecule has 25 heavy (non-hydrogen) atoms. The van der Waals surface area contributed by atoms with Gasteiger partial charge in [-0.05, 0) is 31.4 Å². The number of nitrogens with zero attached hydrogens (tertiary/aromatic N) is 3. The second-order valence-electron chi connectivity index (χ2n) is 6.29. The third kappa shape index (κ3) is 3.71. The first-order valence-corrected chi connectivity index (χ1v) is 8.55. The number of rotatable bonds is 5. The molecule has 1 atom stereocenters. The Morgan fingerprint density at radius 1 is 1.32 bits per heavy atom. The van der Waals surface area contributed by atoms with Gasteiger partial charge in [0.15, 0.2) is 5.58 Å². The van der Waals surface area contributed by atoms with E-state index in [1.807, 2.05) is 35.1 Å². The van der Waals surface area contributed by atoms with Crippen molar-refractivity contribution in [2.75, 3.05) is 11.9 Å². The second kappa shape index (κ2) is 7.06. The number of hydrogen-bond acceptors (Lipinski definition) is 5. The number of ether oxygens (including phenoxy) is 1. The largest absolute Gasteiger partial charge is 0.376 e. The summed E-state index contributed by atoms with van der Waals surface area (Å²) in [6, 6.07) is 7.51. The van der Waals surface area contributed by atoms with Crippen LogP contribution in [0.25, 0.3) is 11.0 Å². The van der Waals surface area contributed by atoms with Gasteiger partial charge in [-0.15, -0.1) is 0 Å². The molecule has 4 rings (SSSR count). The highest BCUT2D eigenvalue weighted by atomic mass is 16.5. The summed E-state index contributed by atoms with van der Waals surface area (Å²) in [6.45, 7) is 1.53. The zero-order chi connectivity index (χ0) is 17.1. The molecule has 0 bridgehead atoms. The van der Waals surface area contributed by atoms with Gasteiger partial charge in [-0.1, -0.05) is 17.3 Å². The van der Waals surface area contributed by atoms with Gasteiger partial charge in [0.2, 0.25) is 5.91 Å². The van der Waals surface area contributed by atoms with Crippen LogP contribution in [0.2, 0.25) is 0 Å². The van der Waals surface area contributed by atoms with Crippen LogP contribution in [-0.4, -0.2) is 33.6 Å². The zero-order valence-electron chi connectivity index (χ0n) is 13.9. The molecule has 1 fully saturated rings. The molecule has 1 aliphatic heterocycles. The van der Waals surface area contributed by atoms with Crippen molar-refractivity contribution in [3.8, 4) is 0 Å². The van der Waals surface area contributed by atoms with Gasteiger partial charge in [-0.25, -0.2) is 0 Å². The van der Waals surface area contributed by atoms with Gasteiger partial charge in [0.1, 0.15) is 5.69 Å². The van der Waals surface area contributed by atoms with E-state index in [2.05, 4.69) is 15.6 Å². The molecule has 1 aliphatic rings. The fourth-order valence-corrected chi connectivity index (χ4v) is 3.11. The molecule has 7 heteroatoms. The van der Waals surface area contributed by atoms with Crippen molar-refractivity contribution in [3.63, 3.8) is 0 Å². The number of fused-ring (bicyclic) bond motifs is 1. The molecule has 3 aromatic rings. The minimum Gasteiger partial charge on any atom is -0.376 e. The lowest BCUT2D eigenvalue weighted by molar-refractivity contribution is -0.115. The fourth-order valence-electron chi connectivity index (χ4n) is 3.11. The number of benzene rings is 1. The Balaban J connectivity index is 1.36. The van der Waals surface area contributed by atoms with Gasteiger partial charge < -0.3 is 14.6 Å². The summed E-state index contributed by atoms with van der Waals surface area (Å²) in [5.41, 5.74) is 2.00. The van der Waals surface area contributed by atoms with E-state index < -0.39 is 0 Å². The highest BCUT2D eigenvalue weighted by Gasteiger charge is 2.16. The average molecular weight is 340 g/mol. The van der Waals surface area contributed by atoms with Crippen LogP contribution in [-0.2, 0) is 22.5 Å². The quantitative estimate of drug-likeness (QED) is 0.772. The molecule has 1 saturated heterocycles. The molecule has 130 valence electrons. The molecule has 1 N–H and O–H groups in total. The maximum absolute atomic E-state index is 12.3. The number of carbonyl (C=O) groups excluding carboxylic acids is 1. The standard InChI is InChI=1S/C18H20N4O3/c23-18(9-16-15-6-1-2-7-17(15)25-21-16)20-13-10-19-22(11-13)12-14-5-3-4-8-24-14/h1-2,6-7,10-11,14H,3-5,8-9,12H2,(H,20,23)/t14-/m1/s1. The number of anilines is 1. The number of nitrogens with one attached hydrogen (secondary N) is 1. The van der Waals surface area contributed by atoms with E-state index in [0.717, 1.165) is 24.8 Å². The predicted octanol–water partition coefficient (Wildman–Crippen LogP) is 2.77. The van der Waals surface area contributed by atoms with Gasteiger partial charge in [0.05, 0.1) is 31.0 Å². The third-order valence-corrected chi connectivity index (χ3v) is 4.36. The first-order valence-electron chi connectivity index (χ1n) is 8.55. The summed E-state index contributed by atoms with van der Waals surface area (Å²) in [5, 5.41) is 12.0. The van der Waals surface area contributed by atoms with Crippen LogP contribution in [0.5, 0.6) is 0 Å². The lowest BCUT2D eigenvalue weighted by atomic mass is 10.1. The molecule has 1 amide bonds. The van der Waals surface area contributed by atoms with Gasteiger partial charge in [-0.2, -0.15) is 5.10 Å². The van der Waals surface area contributed by atoms with Crippen LogP contribution in [0.15, 0.2) is 41.2 Å². The Kier molecular flexibility index (Phi) is 4.47. The Labute approximate surface area is 144 Å². The molecular weight excluding hydrogens is 320 g/mol. The molecule has 2 aromatic heterocycles. The second-order valence-corrected chi connectivity index (χ2v) is 6.29. The first kappa shape index (κ1) is 15.8. The highest BCUT2D eigenvalue weighted by molar-refractivity contribution is 5.94. The van der Waals surface area contributed by atoms with E-state index in [-0.39, 0.29) is 18.4 Å². The normalized spacial score (nSPS) is 17.7. The summed E-state index contributed by atoms with van der Waals surface area (Å²) in [7, 11) is 0. The van der Waals surface area contributed by atoms with Crippen LogP contribution < -0.4 is 5.32 Å². The van der Waals surface area contributed by atoms with E-state index >= 15 is 0 Å². The van der Waals surface area contributed by atoms with Crippen molar-refractivity contribution in [3.05, 3.63) is 42.4 Å². The minimum atomic E-state index is -0.146. The van der Waals surface area contributed by atoms with Gasteiger partial charge in [0, 0.05) is 18.2 Å². The lowest BCUT2D eigenvalue weighted by Crippen LogP contribution is -2.24. The number of para-hydroxylation sites is 1. The van der Waals surface area contributed by atoms with E-state index in [4.69, 9.17) is 9.26 Å². The number of hydrogen-bond donors (Lipinski definition) is 1. The Bertz CT molecular complexity index is 864. The van der Waals surface area contributed by atoms with Crippen LogP contribution in [0.4, 0.5) is 5.69 Å². The van der Waals surface area contributed by atoms with Crippen LogP contribution in [0.3, 0.4) is 0 Å². The summed E-state index contributed by atoms with van der Waals surface area (Å²) in [5.74, 6) is -0.146. The maximum atomic E-state index is 12.3. The predicted molar refractivity (Wildman–Crippen MR) is 92.2 cm³/mol. The third-order valence-electron chi connectivity index (χ3n) is 4.36. The van der Waals surface area contributed by atoms with E-state index in [1.54, 1.807) is 6.20 Å². The smallest absolute Gasteiger partial charge is 0.230 e. The van der Waals surface area contributed by atoms with Gasteiger partial charge in [0.25, 0.3) is 0 Å². The molecule has 0 aliphatic carbocycles. The Hall–Kier alpha value is -2.67. The molecule has 0 saturated carbocycles. The van der Waals surface area contributed by atoms with Crippen molar-refractivity contribution >= 4 is 22.6 Å². The fraction of sp³-hybridized carbons (Fsp3) is 0.389. The van der Waals surface area contributed by atoms with E-state index in [1.165, 1.54) is 6.42 Å². The molecule has 0 spiro atoms. The van der Waals surface area contributed by atoms with Crippen molar-refractivity contribution in [1.29, 1.82) is 0 Å². The summed E-state index contributed by atoms with van der Waals surface area (Å²) in [6.07, 6.45) is 7.24. The van der Waals surface area contributed by atoms with Gasteiger partial charge in [-0.3, -0.25) is 9.48 Å². The van der Waals surface area contributed by atoms with E-state index in [9.17, 15) is 4.79 Å². The average Bonchev–Trinajstić information content (AvgIpc) is 3.23. The molecule has 0 unspecified atom stereocenters. The number of aromatic nitrogens is 3. The monoisotopic (exact) mass is 340 g/mol. The molecule has 1 aromatic carbocycles. The summed E-state index contributed by atoms with van der Waals surface area (Å²) in [4.78, 5) is 12.3. The minimum absolute atomic E-state index is 0.146. The molecule has 0 radical (unpaired) electrons. The first-order chi connectivity index (χ1) is 12.3. The van der Waals surface area contributed by atoms with Crippen molar-refractivity contribution in [1.82, 2.24) is 14.9 Å². The number of amides is 1. The summed E-state index contributed by atoms with van der Waals surface area (Å²) < 4.78 is 12.8. The number of carbonyl (C=O) groups is 1. The van der Waals surface area contributed by atoms with Gasteiger partial charge >= 0.3 is 0 Å². The van der Waals surface area contributed by atoms with Crippen molar-refractivity contribution in [2.45, 2.75) is 38.3 Å². The maximum Gasteiger partial charge on any atom is 0.230 e. The molecular formula is C18H20N4O3. The Morgan fingerprint density at radius 3 is 3.12 bits per heavy atom. The van der Waals surface area contributed by atoms with Crippen molar-refractivity contribution in [2.24, 2.45) is 0 Å². The highest BCUT2D eigenvalue weighted by Crippen LogP contribution is 2.19. The van der Waals surface area contributed by atoms with Crippen LogP contribution in [0, 0.1) is 0 Å². The lowest BCUT2D eigenvalue weighted by Gasteiger charge is -2.22. The van der Waals surface area contributed by atoms with Crippen LogP contribution >= 0.6 is 0 Å². The SMILES string of the molecule is O=C(Cc1noc2ccccc12)Nc1cnn(C[C@H]2CCCCO2)c1. The topological polar surface area (TPSA) is 82.2 Å². The van der Waals surface area contributed by atoms with Crippen LogP contribution in [0.1, 0.15) is 25.0 Å².